The molecule has 3 rings (SSSR count). The van der Waals surface area contributed by atoms with E-state index in [0.29, 0.717) is 22.8 Å². The first-order valence-electron chi connectivity index (χ1n) is 10.5. The Kier molecular flexibility index (Phi) is 7.38. The molecule has 0 radical (unpaired) electrons. The Bertz CT molecular complexity index is 907. The van der Waals surface area contributed by atoms with Crippen molar-refractivity contribution in [2.75, 3.05) is 24.3 Å². The topological polar surface area (TPSA) is 52.7 Å². The summed E-state index contributed by atoms with van der Waals surface area (Å²) in [5.41, 5.74) is 3.17. The molecule has 0 atom stereocenters. The van der Waals surface area contributed by atoms with Gasteiger partial charge in [-0.15, -0.1) is 0 Å². The van der Waals surface area contributed by atoms with E-state index in [9.17, 15) is 9.59 Å². The summed E-state index contributed by atoms with van der Waals surface area (Å²) in [6.45, 7) is 2.18. The molecule has 1 N–H and O–H groups in total. The highest BCUT2D eigenvalue weighted by Crippen LogP contribution is 2.29. The largest absolute Gasteiger partial charge is 0.377 e. The molecule has 0 aliphatic heterocycles. The summed E-state index contributed by atoms with van der Waals surface area (Å²) in [5, 5.41) is 3.36. The van der Waals surface area contributed by atoms with Crippen LogP contribution in [0.15, 0.2) is 42.5 Å². The zero-order valence-electron chi connectivity index (χ0n) is 18.0. The van der Waals surface area contributed by atoms with Crippen molar-refractivity contribution in [2.24, 2.45) is 0 Å². The van der Waals surface area contributed by atoms with E-state index in [2.05, 4.69) is 5.32 Å². The highest BCUT2D eigenvalue weighted by atomic mass is 35.5. The molecule has 30 heavy (non-hydrogen) atoms. The van der Waals surface area contributed by atoms with Crippen LogP contribution in [0.2, 0.25) is 5.02 Å². The van der Waals surface area contributed by atoms with E-state index in [0.717, 1.165) is 24.1 Å². The van der Waals surface area contributed by atoms with Crippen molar-refractivity contribution in [1.82, 2.24) is 4.90 Å². The minimum Gasteiger partial charge on any atom is -0.377 e. The van der Waals surface area contributed by atoms with Crippen molar-refractivity contribution >= 4 is 34.8 Å². The fourth-order valence-corrected chi connectivity index (χ4v) is 4.37. The predicted octanol–water partition coefficient (Wildman–Crippen LogP) is 5.34. The molecular weight excluding hydrogens is 398 g/mol. The van der Waals surface area contributed by atoms with E-state index >= 15 is 0 Å². The molecule has 1 aliphatic rings. The highest BCUT2D eigenvalue weighted by molar-refractivity contribution is 6.34. The number of nitrogens with zero attached hydrogens (tertiary/aromatic N) is 2. The molecule has 5 nitrogen and oxygen atoms in total. The number of hydrogen-bond acceptors (Lipinski definition) is 3. The molecule has 2 amide bonds. The Labute approximate surface area is 184 Å². The van der Waals surface area contributed by atoms with Crippen molar-refractivity contribution < 1.29 is 9.59 Å². The van der Waals surface area contributed by atoms with E-state index in [4.69, 9.17) is 11.6 Å². The number of anilines is 2. The minimum absolute atomic E-state index is 0.0945. The molecule has 1 saturated carbocycles. The summed E-state index contributed by atoms with van der Waals surface area (Å²) >= 11 is 6.16. The van der Waals surface area contributed by atoms with Crippen LogP contribution in [0.25, 0.3) is 0 Å². The average Bonchev–Trinajstić information content (AvgIpc) is 2.72. The van der Waals surface area contributed by atoms with Crippen molar-refractivity contribution in [3.05, 3.63) is 58.6 Å². The lowest BCUT2D eigenvalue weighted by molar-refractivity contribution is -0.132. The molecule has 0 aromatic heterocycles. The lowest BCUT2D eigenvalue weighted by Gasteiger charge is -2.34. The smallest absolute Gasteiger partial charge is 0.257 e. The van der Waals surface area contributed by atoms with Gasteiger partial charge in [-0.25, -0.2) is 0 Å². The third-order valence-electron chi connectivity index (χ3n) is 5.70. The summed E-state index contributed by atoms with van der Waals surface area (Å²) in [7, 11) is 3.97. The lowest BCUT2D eigenvalue weighted by atomic mass is 9.93. The van der Waals surface area contributed by atoms with Crippen molar-refractivity contribution in [1.29, 1.82) is 0 Å². The zero-order chi connectivity index (χ0) is 21.7. The molecular formula is C24H30ClN3O2. The summed E-state index contributed by atoms with van der Waals surface area (Å²) in [5.74, 6) is -0.156. The second-order valence-electron chi connectivity index (χ2n) is 8.11. The molecule has 0 bridgehead atoms. The Morgan fingerprint density at radius 1 is 1.07 bits per heavy atom. The van der Waals surface area contributed by atoms with Gasteiger partial charge in [-0.1, -0.05) is 43.0 Å². The molecule has 0 unspecified atom stereocenters. The number of benzene rings is 2. The van der Waals surface area contributed by atoms with E-state index in [-0.39, 0.29) is 17.9 Å². The minimum atomic E-state index is -0.250. The van der Waals surface area contributed by atoms with Crippen LogP contribution in [0.5, 0.6) is 0 Å². The Hall–Kier alpha value is -2.53. The molecule has 6 heteroatoms. The Morgan fingerprint density at radius 2 is 1.77 bits per heavy atom. The Morgan fingerprint density at radius 3 is 2.40 bits per heavy atom. The SMILES string of the molecule is CC(=O)N(Cc1cc(NC(=O)c2ccccc2Cl)ccc1N(C)C)C1CCCCC1. The number of carbonyl (C=O) groups excluding carboxylic acids is 2. The number of amides is 2. The fraction of sp³-hybridized carbons (Fsp3) is 0.417. The van der Waals surface area contributed by atoms with Gasteiger partial charge < -0.3 is 15.1 Å². The maximum Gasteiger partial charge on any atom is 0.257 e. The maximum atomic E-state index is 12.7. The monoisotopic (exact) mass is 427 g/mol. The van der Waals surface area contributed by atoms with E-state index in [1.54, 1.807) is 31.2 Å². The summed E-state index contributed by atoms with van der Waals surface area (Å²) in [6, 6.07) is 13.1. The quantitative estimate of drug-likeness (QED) is 0.676. The summed E-state index contributed by atoms with van der Waals surface area (Å²) in [6.07, 6.45) is 5.69. The molecule has 0 saturated heterocycles. The van der Waals surface area contributed by atoms with Gasteiger partial charge in [0.15, 0.2) is 0 Å². The molecule has 2 aromatic rings. The number of rotatable bonds is 6. The van der Waals surface area contributed by atoms with Crippen molar-refractivity contribution in [3.8, 4) is 0 Å². The molecule has 2 aromatic carbocycles. The fourth-order valence-electron chi connectivity index (χ4n) is 4.14. The van der Waals surface area contributed by atoms with Gasteiger partial charge in [0, 0.05) is 45.0 Å². The molecule has 0 heterocycles. The van der Waals surface area contributed by atoms with E-state index in [1.165, 1.54) is 19.3 Å². The van der Waals surface area contributed by atoms with Crippen LogP contribution in [-0.4, -0.2) is 36.9 Å². The van der Waals surface area contributed by atoms with Gasteiger partial charge in [-0.3, -0.25) is 9.59 Å². The number of halogens is 1. The molecule has 0 spiro atoms. The van der Waals surface area contributed by atoms with E-state index in [1.807, 2.05) is 42.1 Å². The standard InChI is InChI=1S/C24H30ClN3O2/c1-17(29)28(20-9-5-4-6-10-20)16-18-15-19(13-14-23(18)27(2)3)26-24(30)21-11-7-8-12-22(21)25/h7-8,11-15,20H,4-6,9-10,16H2,1-3H3,(H,26,30). The van der Waals surface area contributed by atoms with Gasteiger partial charge in [0.2, 0.25) is 5.91 Å². The molecule has 1 aliphatic carbocycles. The van der Waals surface area contributed by atoms with Gasteiger partial charge in [-0.05, 0) is 48.7 Å². The third-order valence-corrected chi connectivity index (χ3v) is 6.03. The first-order chi connectivity index (χ1) is 14.4. The summed E-state index contributed by atoms with van der Waals surface area (Å²) < 4.78 is 0. The molecule has 1 fully saturated rings. The van der Waals surface area contributed by atoms with Crippen LogP contribution in [0.3, 0.4) is 0 Å². The van der Waals surface area contributed by atoms with Gasteiger partial charge in [0.1, 0.15) is 0 Å². The van der Waals surface area contributed by atoms with Gasteiger partial charge in [0.05, 0.1) is 10.6 Å². The van der Waals surface area contributed by atoms with Crippen LogP contribution < -0.4 is 10.2 Å². The van der Waals surface area contributed by atoms with Crippen molar-refractivity contribution in [3.63, 3.8) is 0 Å². The lowest BCUT2D eigenvalue weighted by Crippen LogP contribution is -2.39. The third kappa shape index (κ3) is 5.33. The van der Waals surface area contributed by atoms with Crippen LogP contribution in [-0.2, 0) is 11.3 Å². The van der Waals surface area contributed by atoms with Crippen molar-refractivity contribution in [2.45, 2.75) is 51.6 Å². The number of carbonyl (C=O) groups is 2. The van der Waals surface area contributed by atoms with Crippen LogP contribution >= 0.6 is 11.6 Å². The predicted molar refractivity (Wildman–Crippen MR) is 123 cm³/mol. The second-order valence-corrected chi connectivity index (χ2v) is 8.52. The Balaban J connectivity index is 1.86. The maximum absolute atomic E-state index is 12.7. The molecule has 160 valence electrons. The highest BCUT2D eigenvalue weighted by Gasteiger charge is 2.24. The van der Waals surface area contributed by atoms with Crippen LogP contribution in [0, 0.1) is 0 Å². The van der Waals surface area contributed by atoms with Crippen LogP contribution in [0.1, 0.15) is 54.9 Å². The van der Waals surface area contributed by atoms with E-state index < -0.39 is 0 Å². The van der Waals surface area contributed by atoms with Gasteiger partial charge >= 0.3 is 0 Å². The number of nitrogens with one attached hydrogen (secondary N) is 1. The normalized spacial score (nSPS) is 14.3. The average molecular weight is 428 g/mol. The van der Waals surface area contributed by atoms with Crippen LogP contribution in [0.4, 0.5) is 11.4 Å². The second kappa shape index (κ2) is 9.98. The first kappa shape index (κ1) is 22.2. The first-order valence-corrected chi connectivity index (χ1v) is 10.9. The summed E-state index contributed by atoms with van der Waals surface area (Å²) in [4.78, 5) is 29.1. The zero-order valence-corrected chi connectivity index (χ0v) is 18.7. The van der Waals surface area contributed by atoms with Gasteiger partial charge in [-0.2, -0.15) is 0 Å². The number of hydrogen-bond donors (Lipinski definition) is 1. The van der Waals surface area contributed by atoms with Gasteiger partial charge in [0.25, 0.3) is 5.91 Å².